The summed E-state index contributed by atoms with van der Waals surface area (Å²) in [5.74, 6) is 0. The van der Waals surface area contributed by atoms with Gasteiger partial charge < -0.3 is 173 Å². The van der Waals surface area contributed by atoms with Crippen molar-refractivity contribution in [3.63, 3.8) is 0 Å². The van der Waals surface area contributed by atoms with E-state index in [9.17, 15) is 102 Å². The lowest BCUT2D eigenvalue weighted by Gasteiger charge is -2.49. The van der Waals surface area contributed by atoms with Gasteiger partial charge >= 0.3 is 0 Å². The number of ether oxygens (including phenoxy) is 15. The van der Waals surface area contributed by atoms with Crippen molar-refractivity contribution < 1.29 is 173 Å². The normalized spacial score (nSPS) is 52.5. The van der Waals surface area contributed by atoms with Gasteiger partial charge in [0.25, 0.3) is 0 Å². The molecule has 7 fully saturated rings. The van der Waals surface area contributed by atoms with E-state index in [1.165, 1.54) is 21.1 Å². The Morgan fingerprint density at radius 1 is 0.275 bits per heavy atom. The molecule has 0 bridgehead atoms. The van der Waals surface area contributed by atoms with E-state index in [1.807, 2.05) is 0 Å². The molecular formula is C45H78O35. The first-order chi connectivity index (χ1) is 38.0. The Morgan fingerprint density at radius 3 is 0.912 bits per heavy atom. The van der Waals surface area contributed by atoms with Gasteiger partial charge in [0.15, 0.2) is 37.7 Å². The van der Waals surface area contributed by atoms with E-state index in [4.69, 9.17) is 71.1 Å². The highest BCUT2D eigenvalue weighted by atomic mass is 16.8. The van der Waals surface area contributed by atoms with Crippen LogP contribution >= 0.6 is 0 Å². The molecule has 0 saturated carbocycles. The van der Waals surface area contributed by atoms with Gasteiger partial charge in [0, 0.05) is 14.2 Å². The minimum Gasteiger partial charge on any atom is -0.394 e. The smallest absolute Gasteiger partial charge is 0.187 e. The molecule has 468 valence electrons. The second-order valence-electron chi connectivity index (χ2n) is 20.4. The van der Waals surface area contributed by atoms with Crippen LogP contribution in [0.4, 0.5) is 0 Å². The van der Waals surface area contributed by atoms with Crippen LogP contribution in [0, 0.1) is 0 Å². The fourth-order valence-electron chi connectivity index (χ4n) is 10.5. The van der Waals surface area contributed by atoms with Crippen LogP contribution in [0.1, 0.15) is 6.92 Å². The summed E-state index contributed by atoms with van der Waals surface area (Å²) in [6.07, 6.45) is -63.0. The highest BCUT2D eigenvalue weighted by Crippen LogP contribution is 2.37. The Bertz CT molecular complexity index is 1850. The zero-order chi connectivity index (χ0) is 58.8. The third kappa shape index (κ3) is 13.7. The van der Waals surface area contributed by atoms with Crippen LogP contribution in [0.5, 0.6) is 0 Å². The summed E-state index contributed by atoms with van der Waals surface area (Å²) in [6, 6.07) is 0. The molecule has 80 heavy (non-hydrogen) atoms. The fourth-order valence-corrected chi connectivity index (χ4v) is 10.5. The minimum atomic E-state index is -2.15. The minimum absolute atomic E-state index is 0.218. The molecule has 7 rings (SSSR count). The molecule has 0 radical (unpaired) electrons. The van der Waals surface area contributed by atoms with Crippen LogP contribution in [0.25, 0.3) is 0 Å². The van der Waals surface area contributed by atoms with Crippen LogP contribution < -0.4 is 0 Å². The highest BCUT2D eigenvalue weighted by Gasteiger charge is 2.58. The van der Waals surface area contributed by atoms with Gasteiger partial charge in [-0.05, 0) is 6.92 Å². The van der Waals surface area contributed by atoms with E-state index in [0.29, 0.717) is 0 Å². The van der Waals surface area contributed by atoms with Crippen molar-refractivity contribution in [2.75, 3.05) is 60.5 Å². The van der Waals surface area contributed by atoms with E-state index in [2.05, 4.69) is 0 Å². The fraction of sp³-hybridized carbons (Fsp3) is 1.00. The Labute approximate surface area is 454 Å². The summed E-state index contributed by atoms with van der Waals surface area (Å²) < 4.78 is 84.2. The van der Waals surface area contributed by atoms with Gasteiger partial charge in [-0.15, -0.1) is 0 Å². The predicted molar refractivity (Wildman–Crippen MR) is 245 cm³/mol. The van der Waals surface area contributed by atoms with Gasteiger partial charge in [-0.1, -0.05) is 0 Å². The van der Waals surface area contributed by atoms with Gasteiger partial charge in [-0.3, -0.25) is 0 Å². The van der Waals surface area contributed by atoms with Gasteiger partial charge in [0.05, 0.1) is 52.4 Å². The van der Waals surface area contributed by atoms with Gasteiger partial charge in [0.2, 0.25) is 0 Å². The van der Waals surface area contributed by atoms with Crippen LogP contribution in [-0.4, -0.2) is 377 Å². The monoisotopic (exact) mass is 1180 g/mol. The maximum atomic E-state index is 11.7. The van der Waals surface area contributed by atoms with E-state index in [0.717, 1.165) is 0 Å². The maximum Gasteiger partial charge on any atom is 0.187 e. The van der Waals surface area contributed by atoms with Gasteiger partial charge in [-0.2, -0.15) is 0 Å². The molecule has 14 unspecified atom stereocenters. The van der Waals surface area contributed by atoms with Crippen molar-refractivity contribution in [3.05, 3.63) is 0 Å². The molecule has 0 aromatic heterocycles. The van der Waals surface area contributed by atoms with E-state index < -0.39 is 254 Å². The Kier molecular flexibility index (Phi) is 23.9. The lowest BCUT2D eigenvalue weighted by Crippen LogP contribution is -2.68. The van der Waals surface area contributed by atoms with Crippen molar-refractivity contribution in [1.29, 1.82) is 0 Å². The van der Waals surface area contributed by atoms with Gasteiger partial charge in [0.1, 0.15) is 171 Å². The number of aliphatic hydroxyl groups excluding tert-OH is 20. The maximum absolute atomic E-state index is 11.7. The summed E-state index contributed by atoms with van der Waals surface area (Å²) >= 11 is 0. The average molecular weight is 1180 g/mol. The Hall–Kier alpha value is -1.40. The molecule has 0 aromatic carbocycles. The molecule has 35 heteroatoms. The van der Waals surface area contributed by atoms with Crippen LogP contribution in [0.2, 0.25) is 0 Å². The summed E-state index contributed by atoms with van der Waals surface area (Å²) in [7, 11) is 2.49. The topological polar surface area (TPSA) is 543 Å². The number of methoxy groups -OCH3 is 2. The standard InChI is InChI=1S/C45H78O35/c1-11-19(51)35(76-43-32(64)39(24(56)15(7-49)72-43)80-45-33(65)38(23(55)16(8-50)74-45)79-42-29(61)34(67-3)25(57)17(75-42)9-66-2)26(58)18(69-11)10-68-40-30(62)36(21(53)13(5-47)70-40)78-44-31(63)37(22(54)14(6-48)73-44)77-41-28(60)27(59)20(52)12(4-46)71-41/h11-65H,4-10H2,1-3H3/t11-,12?,13?,14?,15?,16?,17?,18?,19?,20+,21+,22+,23+,24+,25+,26+,27-,28?,29?,30?,31?,32?,33?,34-,35+,36-,37-,38-,39-,40+,41-,42-,43-,44-,45-/m0/s1. The summed E-state index contributed by atoms with van der Waals surface area (Å²) in [4.78, 5) is 0. The number of aliphatic hydroxyl groups is 20. The molecule has 35 nitrogen and oxygen atoms in total. The second-order valence-corrected chi connectivity index (χ2v) is 20.4. The largest absolute Gasteiger partial charge is 0.394 e. The van der Waals surface area contributed by atoms with Gasteiger partial charge in [-0.25, -0.2) is 0 Å². The highest BCUT2D eigenvalue weighted by molar-refractivity contribution is 5.01. The van der Waals surface area contributed by atoms with Crippen molar-refractivity contribution in [2.45, 2.75) is 222 Å². The molecule has 7 heterocycles. The number of hydrogen-bond acceptors (Lipinski definition) is 35. The number of hydrogen-bond donors (Lipinski definition) is 20. The quantitative estimate of drug-likeness (QED) is 0.0507. The molecule has 0 spiro atoms. The third-order valence-electron chi connectivity index (χ3n) is 15.2. The Morgan fingerprint density at radius 2 is 0.550 bits per heavy atom. The molecule has 7 aliphatic rings. The van der Waals surface area contributed by atoms with Crippen LogP contribution in [0.15, 0.2) is 0 Å². The molecule has 20 N–H and O–H groups in total. The van der Waals surface area contributed by atoms with Crippen LogP contribution in [-0.2, 0) is 71.1 Å². The molecule has 7 saturated heterocycles. The summed E-state index contributed by atoms with van der Waals surface area (Å²) in [5, 5.41) is 216. The predicted octanol–water partition coefficient (Wildman–Crippen LogP) is -13.9. The molecule has 35 atom stereocenters. The lowest BCUT2D eigenvalue weighted by atomic mass is 9.94. The van der Waals surface area contributed by atoms with E-state index in [-0.39, 0.29) is 6.61 Å². The molecule has 7 aliphatic heterocycles. The molecule has 0 aliphatic carbocycles. The molecule has 0 amide bonds. The zero-order valence-corrected chi connectivity index (χ0v) is 43.2. The van der Waals surface area contributed by atoms with Crippen LogP contribution in [0.3, 0.4) is 0 Å². The average Bonchev–Trinajstić information content (AvgIpc) is 3.50. The third-order valence-corrected chi connectivity index (χ3v) is 15.2. The molecular weight excluding hydrogens is 1100 g/mol. The van der Waals surface area contributed by atoms with E-state index >= 15 is 0 Å². The summed E-state index contributed by atoms with van der Waals surface area (Å²) in [5.41, 5.74) is 0. The Balaban J connectivity index is 1.02. The first-order valence-electron chi connectivity index (χ1n) is 25.7. The lowest BCUT2D eigenvalue weighted by molar-refractivity contribution is -0.388. The number of rotatable bonds is 21. The molecule has 0 aromatic rings. The van der Waals surface area contributed by atoms with Crippen molar-refractivity contribution in [3.8, 4) is 0 Å². The van der Waals surface area contributed by atoms with E-state index in [1.54, 1.807) is 0 Å². The van der Waals surface area contributed by atoms with Crippen molar-refractivity contribution in [1.82, 2.24) is 0 Å². The second kappa shape index (κ2) is 28.9. The van der Waals surface area contributed by atoms with Crippen molar-refractivity contribution in [2.24, 2.45) is 0 Å². The SMILES string of the molecule is COCC1O[C@@H](O[C@@H]2C(O)[C@H](O[C@@H]3C(O)[C@H](O[C@@H]4C(O)[C@H](C)OC(CO[C@@H]5OC(CO)[C@@H](O)[C@H](O[C@@H]6OC(CO)[C@@H](O)[C@H](O[C@@H]7OC(CO)[C@@H](O)[C@H](O)C7O)C6O)C5O)[C@H]4O)OC(CO)[C@H]3O)OC(CO)[C@H]2O)C(O)[C@@H](OC)[C@@H]1O. The first-order valence-corrected chi connectivity index (χ1v) is 25.7. The van der Waals surface area contributed by atoms with Crippen molar-refractivity contribution >= 4 is 0 Å². The summed E-state index contributed by atoms with van der Waals surface area (Å²) in [6.45, 7) is -4.35. The zero-order valence-electron chi connectivity index (χ0n) is 43.2. The first kappa shape index (κ1) is 66.1.